The lowest BCUT2D eigenvalue weighted by Crippen LogP contribution is -2.57. The lowest BCUT2D eigenvalue weighted by Gasteiger charge is -2.49. The van der Waals surface area contributed by atoms with Crippen LogP contribution in [0.3, 0.4) is 0 Å². The van der Waals surface area contributed by atoms with Crippen LogP contribution in [-0.4, -0.2) is 22.2 Å². The second-order valence-electron chi connectivity index (χ2n) is 4.99. The summed E-state index contributed by atoms with van der Waals surface area (Å²) < 4.78 is 0. The summed E-state index contributed by atoms with van der Waals surface area (Å²) in [6.07, 6.45) is 2.47. The molecule has 3 heteroatoms. The summed E-state index contributed by atoms with van der Waals surface area (Å²) in [6, 6.07) is 4.34. The van der Waals surface area contributed by atoms with Gasteiger partial charge in [0, 0.05) is 17.7 Å². The monoisotopic (exact) mass is 206 g/mol. The molecule has 0 spiro atoms. The number of anilines is 1. The standard InChI is InChI=1S/C12H18N2O/c1-8-4-5-11(13-7-8)14-9-6-10(15)12(9,2)3/h4-5,7,9-10,15H,6H2,1-3H3,(H,13,14). The Hall–Kier alpha value is -1.09. The lowest BCUT2D eigenvalue weighted by molar-refractivity contribution is -0.0511. The second-order valence-corrected chi connectivity index (χ2v) is 4.99. The molecule has 0 aromatic carbocycles. The van der Waals surface area contributed by atoms with Crippen molar-refractivity contribution in [1.82, 2.24) is 4.98 Å². The number of nitrogens with one attached hydrogen (secondary N) is 1. The largest absolute Gasteiger partial charge is 0.392 e. The van der Waals surface area contributed by atoms with E-state index in [1.54, 1.807) is 0 Å². The summed E-state index contributed by atoms with van der Waals surface area (Å²) >= 11 is 0. The number of pyridine rings is 1. The first-order valence-corrected chi connectivity index (χ1v) is 5.37. The van der Waals surface area contributed by atoms with Crippen LogP contribution in [0.25, 0.3) is 0 Å². The molecule has 1 saturated carbocycles. The molecule has 1 fully saturated rings. The second kappa shape index (κ2) is 3.49. The molecule has 15 heavy (non-hydrogen) atoms. The number of hydrogen-bond acceptors (Lipinski definition) is 3. The molecule has 0 aliphatic heterocycles. The number of aromatic nitrogens is 1. The Labute approximate surface area is 90.5 Å². The Bertz CT molecular complexity index is 345. The highest BCUT2D eigenvalue weighted by molar-refractivity contribution is 5.38. The highest BCUT2D eigenvalue weighted by atomic mass is 16.3. The first-order chi connectivity index (χ1) is 7.00. The van der Waals surface area contributed by atoms with Crippen molar-refractivity contribution >= 4 is 5.82 Å². The first-order valence-electron chi connectivity index (χ1n) is 5.37. The van der Waals surface area contributed by atoms with Crippen LogP contribution in [0.2, 0.25) is 0 Å². The molecular weight excluding hydrogens is 188 g/mol. The zero-order valence-electron chi connectivity index (χ0n) is 9.49. The minimum atomic E-state index is -0.194. The minimum absolute atomic E-state index is 0.0490. The molecule has 1 heterocycles. The third-order valence-corrected chi connectivity index (χ3v) is 3.45. The molecule has 82 valence electrons. The van der Waals surface area contributed by atoms with Gasteiger partial charge in [0.05, 0.1) is 6.10 Å². The highest BCUT2D eigenvalue weighted by Crippen LogP contribution is 2.41. The van der Waals surface area contributed by atoms with Crippen LogP contribution in [0.4, 0.5) is 5.82 Å². The summed E-state index contributed by atoms with van der Waals surface area (Å²) in [5.41, 5.74) is 1.11. The Kier molecular flexibility index (Phi) is 2.43. The van der Waals surface area contributed by atoms with Gasteiger partial charge in [-0.2, -0.15) is 0 Å². The van der Waals surface area contributed by atoms with Gasteiger partial charge in [0.25, 0.3) is 0 Å². The van der Waals surface area contributed by atoms with Crippen molar-refractivity contribution in [2.75, 3.05) is 5.32 Å². The fourth-order valence-corrected chi connectivity index (χ4v) is 1.88. The van der Waals surface area contributed by atoms with E-state index >= 15 is 0 Å². The van der Waals surface area contributed by atoms with Crippen LogP contribution in [0.15, 0.2) is 18.3 Å². The van der Waals surface area contributed by atoms with E-state index < -0.39 is 0 Å². The van der Waals surface area contributed by atoms with Gasteiger partial charge in [0.2, 0.25) is 0 Å². The van der Waals surface area contributed by atoms with Gasteiger partial charge in [-0.3, -0.25) is 0 Å². The van der Waals surface area contributed by atoms with Gasteiger partial charge in [-0.15, -0.1) is 0 Å². The SMILES string of the molecule is Cc1ccc(NC2CC(O)C2(C)C)nc1. The summed E-state index contributed by atoms with van der Waals surface area (Å²) in [6.45, 7) is 6.17. The molecule has 1 aromatic heterocycles. The van der Waals surface area contributed by atoms with Crippen molar-refractivity contribution in [3.05, 3.63) is 23.9 Å². The molecule has 0 saturated heterocycles. The molecule has 0 bridgehead atoms. The van der Waals surface area contributed by atoms with Crippen LogP contribution < -0.4 is 5.32 Å². The average molecular weight is 206 g/mol. The van der Waals surface area contributed by atoms with Gasteiger partial charge in [-0.25, -0.2) is 4.98 Å². The Balaban J connectivity index is 2.02. The molecular formula is C12H18N2O. The first kappa shape index (κ1) is 10.4. The van der Waals surface area contributed by atoms with Crippen molar-refractivity contribution in [1.29, 1.82) is 0 Å². The zero-order chi connectivity index (χ0) is 11.1. The minimum Gasteiger partial charge on any atom is -0.392 e. The summed E-state index contributed by atoms with van der Waals surface area (Å²) in [5, 5.41) is 13.0. The maximum atomic E-state index is 9.61. The maximum Gasteiger partial charge on any atom is 0.126 e. The predicted octanol–water partition coefficient (Wildman–Crippen LogP) is 1.96. The summed E-state index contributed by atoms with van der Waals surface area (Å²) in [4.78, 5) is 4.30. The van der Waals surface area contributed by atoms with Crippen LogP contribution in [0.1, 0.15) is 25.8 Å². The van der Waals surface area contributed by atoms with Crippen LogP contribution in [-0.2, 0) is 0 Å². The number of aliphatic hydroxyl groups excluding tert-OH is 1. The number of nitrogens with zero attached hydrogens (tertiary/aromatic N) is 1. The van der Waals surface area contributed by atoms with Gasteiger partial charge < -0.3 is 10.4 Å². The van der Waals surface area contributed by atoms with Crippen LogP contribution >= 0.6 is 0 Å². The Morgan fingerprint density at radius 2 is 2.20 bits per heavy atom. The van der Waals surface area contributed by atoms with E-state index in [0.29, 0.717) is 6.04 Å². The summed E-state index contributed by atoms with van der Waals surface area (Å²) in [7, 11) is 0. The number of aryl methyl sites for hydroxylation is 1. The van der Waals surface area contributed by atoms with Crippen molar-refractivity contribution in [3.63, 3.8) is 0 Å². The van der Waals surface area contributed by atoms with E-state index in [4.69, 9.17) is 0 Å². The Morgan fingerprint density at radius 1 is 1.47 bits per heavy atom. The van der Waals surface area contributed by atoms with E-state index in [0.717, 1.165) is 17.8 Å². The molecule has 2 unspecified atom stereocenters. The smallest absolute Gasteiger partial charge is 0.126 e. The molecule has 3 nitrogen and oxygen atoms in total. The zero-order valence-corrected chi connectivity index (χ0v) is 9.49. The topological polar surface area (TPSA) is 45.1 Å². The van der Waals surface area contributed by atoms with E-state index in [1.807, 2.05) is 25.3 Å². The number of rotatable bonds is 2. The van der Waals surface area contributed by atoms with E-state index in [-0.39, 0.29) is 11.5 Å². The molecule has 1 aliphatic rings. The molecule has 1 aliphatic carbocycles. The van der Waals surface area contributed by atoms with E-state index in [1.165, 1.54) is 0 Å². The van der Waals surface area contributed by atoms with Gasteiger partial charge in [0.1, 0.15) is 5.82 Å². The molecule has 0 radical (unpaired) electrons. The highest BCUT2D eigenvalue weighted by Gasteiger charge is 2.47. The molecule has 0 amide bonds. The van der Waals surface area contributed by atoms with E-state index in [9.17, 15) is 5.11 Å². The predicted molar refractivity (Wildman–Crippen MR) is 60.8 cm³/mol. The number of hydrogen-bond donors (Lipinski definition) is 2. The fourth-order valence-electron chi connectivity index (χ4n) is 1.88. The normalized spacial score (nSPS) is 28.3. The van der Waals surface area contributed by atoms with Crippen LogP contribution in [0, 0.1) is 12.3 Å². The van der Waals surface area contributed by atoms with Crippen LogP contribution in [0.5, 0.6) is 0 Å². The molecule has 2 atom stereocenters. The maximum absolute atomic E-state index is 9.61. The molecule has 2 N–H and O–H groups in total. The fraction of sp³-hybridized carbons (Fsp3) is 0.583. The number of aliphatic hydroxyl groups is 1. The average Bonchev–Trinajstić information content (AvgIpc) is 2.21. The molecule has 2 rings (SSSR count). The van der Waals surface area contributed by atoms with Gasteiger partial charge in [-0.1, -0.05) is 19.9 Å². The quantitative estimate of drug-likeness (QED) is 0.777. The van der Waals surface area contributed by atoms with Crippen molar-refractivity contribution < 1.29 is 5.11 Å². The van der Waals surface area contributed by atoms with Gasteiger partial charge in [0.15, 0.2) is 0 Å². The van der Waals surface area contributed by atoms with Crippen molar-refractivity contribution in [2.24, 2.45) is 5.41 Å². The van der Waals surface area contributed by atoms with Crippen molar-refractivity contribution in [3.8, 4) is 0 Å². The van der Waals surface area contributed by atoms with Gasteiger partial charge in [-0.05, 0) is 25.0 Å². The Morgan fingerprint density at radius 3 is 2.67 bits per heavy atom. The molecule has 1 aromatic rings. The van der Waals surface area contributed by atoms with Gasteiger partial charge >= 0.3 is 0 Å². The summed E-state index contributed by atoms with van der Waals surface area (Å²) in [5.74, 6) is 0.894. The van der Waals surface area contributed by atoms with E-state index in [2.05, 4.69) is 24.1 Å². The van der Waals surface area contributed by atoms with Crippen molar-refractivity contribution in [2.45, 2.75) is 39.3 Å². The third kappa shape index (κ3) is 1.84. The lowest BCUT2D eigenvalue weighted by atomic mass is 9.64. The third-order valence-electron chi connectivity index (χ3n) is 3.45.